The maximum atomic E-state index is 12.1. The molecule has 9 nitrogen and oxygen atoms in total. The normalized spacial score (nSPS) is 21.6. The van der Waals surface area contributed by atoms with Crippen LogP contribution in [0.4, 0.5) is 16.3 Å². The molecular formula is C21H34N8O. The van der Waals surface area contributed by atoms with Gasteiger partial charge >= 0.3 is 6.03 Å². The van der Waals surface area contributed by atoms with Gasteiger partial charge in [-0.05, 0) is 65.6 Å². The first kappa shape index (κ1) is 20.7. The van der Waals surface area contributed by atoms with Crippen LogP contribution in [0.1, 0.15) is 44.9 Å². The minimum atomic E-state index is -0.0480. The second kappa shape index (κ2) is 9.51. The Labute approximate surface area is 178 Å². The van der Waals surface area contributed by atoms with Crippen LogP contribution in [0.15, 0.2) is 18.5 Å². The van der Waals surface area contributed by atoms with Gasteiger partial charge < -0.3 is 26.2 Å². The molecule has 2 heterocycles. The van der Waals surface area contributed by atoms with Gasteiger partial charge in [-0.25, -0.2) is 14.3 Å². The highest BCUT2D eigenvalue weighted by Crippen LogP contribution is 2.29. The molecule has 4 rings (SSSR count). The topological polar surface area (TPSA) is 98.6 Å². The monoisotopic (exact) mass is 414 g/mol. The van der Waals surface area contributed by atoms with Crippen LogP contribution >= 0.6 is 0 Å². The van der Waals surface area contributed by atoms with Crippen molar-refractivity contribution in [2.45, 2.75) is 63.1 Å². The Bertz CT molecular complexity index is 839. The summed E-state index contributed by atoms with van der Waals surface area (Å²) < 4.78 is 1.83. The number of carbonyl (C=O) groups excluding carboxylic acids is 1. The third-order valence-corrected chi connectivity index (χ3v) is 5.78. The van der Waals surface area contributed by atoms with Gasteiger partial charge in [-0.1, -0.05) is 0 Å². The largest absolute Gasteiger partial charge is 0.379 e. The molecule has 0 aromatic carbocycles. The van der Waals surface area contributed by atoms with Gasteiger partial charge in [-0.3, -0.25) is 0 Å². The van der Waals surface area contributed by atoms with Crippen molar-refractivity contribution in [3.05, 3.63) is 18.5 Å². The fourth-order valence-electron chi connectivity index (χ4n) is 3.97. The number of hydrogen-bond acceptors (Lipinski definition) is 6. The third kappa shape index (κ3) is 5.75. The number of imidazole rings is 1. The predicted octanol–water partition coefficient (Wildman–Crippen LogP) is 2.28. The van der Waals surface area contributed by atoms with Crippen molar-refractivity contribution in [1.29, 1.82) is 0 Å². The third-order valence-electron chi connectivity index (χ3n) is 5.78. The van der Waals surface area contributed by atoms with Gasteiger partial charge in [0.25, 0.3) is 0 Å². The number of urea groups is 1. The molecule has 2 amide bonds. The lowest BCUT2D eigenvalue weighted by atomic mass is 9.91. The Balaban J connectivity index is 1.23. The summed E-state index contributed by atoms with van der Waals surface area (Å²) in [5.74, 6) is 0.874. The van der Waals surface area contributed by atoms with Crippen LogP contribution in [0.25, 0.3) is 5.65 Å². The van der Waals surface area contributed by atoms with Gasteiger partial charge in [0.05, 0.1) is 5.69 Å². The molecule has 2 aromatic heterocycles. The Kier molecular flexibility index (Phi) is 6.56. The van der Waals surface area contributed by atoms with Crippen molar-refractivity contribution in [2.24, 2.45) is 0 Å². The van der Waals surface area contributed by atoms with Crippen molar-refractivity contribution in [1.82, 2.24) is 30.1 Å². The first-order valence-corrected chi connectivity index (χ1v) is 11.1. The summed E-state index contributed by atoms with van der Waals surface area (Å²) in [7, 11) is 4.08. The van der Waals surface area contributed by atoms with E-state index in [4.69, 9.17) is 0 Å². The molecular weight excluding hydrogens is 380 g/mol. The van der Waals surface area contributed by atoms with Crippen molar-refractivity contribution >= 4 is 23.2 Å². The minimum Gasteiger partial charge on any atom is -0.379 e. The molecule has 0 spiro atoms. The molecule has 0 bridgehead atoms. The number of nitrogens with one attached hydrogen (secondary N) is 4. The standard InChI is InChI=1S/C21H34N8O/c1-28(2)12-3-10-23-21(30)26-17-8-6-16(7-9-17)25-19-14-18(24-15-4-5-15)20-22-11-13-29(20)27-19/h11,13-17,24H,3-10,12H2,1-2H3,(H,25,27)(H2,23,26,30). The predicted molar refractivity (Wildman–Crippen MR) is 119 cm³/mol. The fourth-order valence-corrected chi connectivity index (χ4v) is 3.97. The van der Waals surface area contributed by atoms with E-state index in [0.717, 1.165) is 55.8 Å². The average molecular weight is 415 g/mol. The summed E-state index contributed by atoms with van der Waals surface area (Å²) >= 11 is 0. The van der Waals surface area contributed by atoms with Crippen molar-refractivity contribution in [2.75, 3.05) is 37.8 Å². The van der Waals surface area contributed by atoms with Crippen LogP contribution in [0.3, 0.4) is 0 Å². The lowest BCUT2D eigenvalue weighted by Gasteiger charge is -2.30. The van der Waals surface area contributed by atoms with Gasteiger partial charge in [0.15, 0.2) is 5.65 Å². The Morgan fingerprint density at radius 3 is 2.53 bits per heavy atom. The van der Waals surface area contributed by atoms with Crippen LogP contribution in [-0.2, 0) is 0 Å². The fraction of sp³-hybridized carbons (Fsp3) is 0.667. The molecule has 0 radical (unpaired) electrons. The van der Waals surface area contributed by atoms with Gasteiger partial charge in [0.1, 0.15) is 5.82 Å². The summed E-state index contributed by atoms with van der Waals surface area (Å²) in [5, 5.41) is 17.9. The van der Waals surface area contributed by atoms with Crippen LogP contribution in [0.5, 0.6) is 0 Å². The molecule has 2 aromatic rings. The first-order valence-electron chi connectivity index (χ1n) is 11.1. The number of fused-ring (bicyclic) bond motifs is 1. The molecule has 2 fully saturated rings. The van der Waals surface area contributed by atoms with Crippen molar-refractivity contribution in [3.8, 4) is 0 Å². The van der Waals surface area contributed by atoms with E-state index in [9.17, 15) is 4.79 Å². The van der Waals surface area contributed by atoms with E-state index in [1.54, 1.807) is 6.20 Å². The molecule has 164 valence electrons. The summed E-state index contributed by atoms with van der Waals surface area (Å²) in [6, 6.07) is 3.21. The van der Waals surface area contributed by atoms with E-state index in [1.165, 1.54) is 12.8 Å². The molecule has 2 aliphatic carbocycles. The van der Waals surface area contributed by atoms with E-state index in [0.29, 0.717) is 18.6 Å². The Morgan fingerprint density at radius 2 is 1.80 bits per heavy atom. The smallest absolute Gasteiger partial charge is 0.315 e. The number of carbonyl (C=O) groups is 1. The number of nitrogens with zero attached hydrogens (tertiary/aromatic N) is 4. The van der Waals surface area contributed by atoms with Crippen LogP contribution in [0.2, 0.25) is 0 Å². The van der Waals surface area contributed by atoms with E-state index >= 15 is 0 Å². The highest BCUT2D eigenvalue weighted by molar-refractivity contribution is 5.74. The number of aromatic nitrogens is 3. The second-order valence-electron chi connectivity index (χ2n) is 8.81. The van der Waals surface area contributed by atoms with Crippen LogP contribution < -0.4 is 21.3 Å². The highest BCUT2D eigenvalue weighted by atomic mass is 16.2. The minimum absolute atomic E-state index is 0.0480. The van der Waals surface area contributed by atoms with Gasteiger partial charge in [-0.2, -0.15) is 0 Å². The Morgan fingerprint density at radius 1 is 1.10 bits per heavy atom. The SMILES string of the molecule is CN(C)CCCNC(=O)NC1CCC(Nc2cc(NC3CC3)c3nccn3n2)CC1. The quantitative estimate of drug-likeness (QED) is 0.470. The van der Waals surface area contributed by atoms with E-state index in [-0.39, 0.29) is 12.1 Å². The summed E-state index contributed by atoms with van der Waals surface area (Å²) in [6.45, 7) is 1.69. The Hall–Kier alpha value is -2.55. The van der Waals surface area contributed by atoms with Crippen molar-refractivity contribution < 1.29 is 4.79 Å². The van der Waals surface area contributed by atoms with Gasteiger partial charge in [0.2, 0.25) is 0 Å². The molecule has 4 N–H and O–H groups in total. The number of amides is 2. The average Bonchev–Trinajstić information content (AvgIpc) is 3.40. The lowest BCUT2D eigenvalue weighted by Crippen LogP contribution is -2.45. The summed E-state index contributed by atoms with van der Waals surface area (Å²) in [6.07, 6.45) is 11.1. The number of anilines is 2. The zero-order chi connectivity index (χ0) is 20.9. The molecule has 0 atom stereocenters. The molecule has 2 saturated carbocycles. The molecule has 30 heavy (non-hydrogen) atoms. The molecule has 0 unspecified atom stereocenters. The van der Waals surface area contributed by atoms with Gasteiger partial charge in [-0.15, -0.1) is 5.10 Å². The zero-order valence-electron chi connectivity index (χ0n) is 18.0. The lowest BCUT2D eigenvalue weighted by molar-refractivity contribution is 0.231. The maximum Gasteiger partial charge on any atom is 0.315 e. The van der Waals surface area contributed by atoms with Crippen LogP contribution in [-0.4, -0.2) is 70.8 Å². The first-order chi connectivity index (χ1) is 14.6. The van der Waals surface area contributed by atoms with Crippen LogP contribution in [0, 0.1) is 0 Å². The zero-order valence-corrected chi connectivity index (χ0v) is 18.0. The molecule has 0 saturated heterocycles. The van der Waals surface area contributed by atoms with E-state index in [2.05, 4.69) is 42.3 Å². The summed E-state index contributed by atoms with van der Waals surface area (Å²) in [4.78, 5) is 18.6. The molecule has 0 aliphatic heterocycles. The second-order valence-corrected chi connectivity index (χ2v) is 8.81. The van der Waals surface area contributed by atoms with Crippen molar-refractivity contribution in [3.63, 3.8) is 0 Å². The van der Waals surface area contributed by atoms with E-state index < -0.39 is 0 Å². The van der Waals surface area contributed by atoms with E-state index in [1.807, 2.05) is 24.8 Å². The molecule has 2 aliphatic rings. The summed E-state index contributed by atoms with van der Waals surface area (Å²) in [5.41, 5.74) is 1.92. The number of rotatable bonds is 9. The maximum absolute atomic E-state index is 12.1. The highest BCUT2D eigenvalue weighted by Gasteiger charge is 2.25. The van der Waals surface area contributed by atoms with Gasteiger partial charge in [0, 0.05) is 43.1 Å². The number of hydrogen-bond donors (Lipinski definition) is 4. The molecule has 9 heteroatoms.